The Bertz CT molecular complexity index is 545. The average Bonchev–Trinajstić information content (AvgIpc) is 2.47. The number of hydrogen-bond donors (Lipinski definition) is 0. The molecule has 0 saturated carbocycles. The summed E-state index contributed by atoms with van der Waals surface area (Å²) in [6.07, 6.45) is 2.00. The van der Waals surface area contributed by atoms with Crippen molar-refractivity contribution in [2.45, 2.75) is 40.5 Å². The molecule has 0 N–H and O–H groups in total. The van der Waals surface area contributed by atoms with Gasteiger partial charge in [0.15, 0.2) is 0 Å². The lowest BCUT2D eigenvalue weighted by Gasteiger charge is -2.11. The first-order valence-corrected chi connectivity index (χ1v) is 7.77. The van der Waals surface area contributed by atoms with Crippen LogP contribution in [0.15, 0.2) is 36.4 Å². The van der Waals surface area contributed by atoms with E-state index in [1.165, 1.54) is 33.4 Å². The largest absolute Gasteiger partial charge is 0.381 e. The topological polar surface area (TPSA) is 9.23 Å². The van der Waals surface area contributed by atoms with Crippen LogP contribution in [0, 0.1) is 27.7 Å². The Kier molecular flexibility index (Phi) is 5.58. The molecule has 0 aliphatic heterocycles. The molecule has 0 radical (unpaired) electrons. The van der Waals surface area contributed by atoms with Crippen LogP contribution in [0.4, 0.5) is 0 Å². The highest BCUT2D eigenvalue weighted by Gasteiger charge is 2.02. The molecule has 0 atom stereocenters. The van der Waals surface area contributed by atoms with E-state index in [0.717, 1.165) is 26.1 Å². The molecule has 0 amide bonds. The summed E-state index contributed by atoms with van der Waals surface area (Å²) in [5.74, 6) is 0. The van der Waals surface area contributed by atoms with Crippen LogP contribution >= 0.6 is 0 Å². The quantitative estimate of drug-likeness (QED) is 0.696. The summed E-state index contributed by atoms with van der Waals surface area (Å²) in [4.78, 5) is 0. The molecule has 0 bridgehead atoms. The summed E-state index contributed by atoms with van der Waals surface area (Å²) in [7, 11) is 0. The molecule has 0 aliphatic carbocycles. The van der Waals surface area contributed by atoms with E-state index in [2.05, 4.69) is 64.1 Å². The fraction of sp³-hybridized carbons (Fsp3) is 0.400. The van der Waals surface area contributed by atoms with Gasteiger partial charge in [0.2, 0.25) is 0 Å². The number of benzene rings is 2. The SMILES string of the molecule is Cc1cccc(CCOCCc2cccc(C)c2C)c1C. The first kappa shape index (κ1) is 15.8. The van der Waals surface area contributed by atoms with Gasteiger partial charge >= 0.3 is 0 Å². The molecule has 1 nitrogen and oxygen atoms in total. The zero-order chi connectivity index (χ0) is 15.2. The number of aryl methyl sites for hydroxylation is 2. The molecule has 0 aromatic heterocycles. The molecular formula is C20H26O. The lowest BCUT2D eigenvalue weighted by atomic mass is 10.0. The van der Waals surface area contributed by atoms with Crippen molar-refractivity contribution >= 4 is 0 Å². The molecule has 1 heteroatoms. The molecule has 0 spiro atoms. The molecule has 0 saturated heterocycles. The Morgan fingerprint density at radius 1 is 0.667 bits per heavy atom. The Morgan fingerprint density at radius 3 is 1.52 bits per heavy atom. The number of rotatable bonds is 6. The van der Waals surface area contributed by atoms with E-state index in [0.29, 0.717) is 0 Å². The van der Waals surface area contributed by atoms with Crippen LogP contribution in [-0.4, -0.2) is 13.2 Å². The lowest BCUT2D eigenvalue weighted by molar-refractivity contribution is 0.140. The average molecular weight is 282 g/mol. The van der Waals surface area contributed by atoms with E-state index in [-0.39, 0.29) is 0 Å². The molecule has 21 heavy (non-hydrogen) atoms. The third kappa shape index (κ3) is 4.18. The molecule has 0 unspecified atom stereocenters. The van der Waals surface area contributed by atoms with Crippen LogP contribution in [0.3, 0.4) is 0 Å². The standard InChI is InChI=1S/C20H26O/c1-15-7-5-9-19(17(15)3)11-13-21-14-12-20-10-6-8-16(2)18(20)4/h5-10H,11-14H2,1-4H3. The van der Waals surface area contributed by atoms with Gasteiger partial charge in [0.1, 0.15) is 0 Å². The zero-order valence-electron chi connectivity index (χ0n) is 13.7. The molecule has 2 aromatic carbocycles. The van der Waals surface area contributed by atoms with Crippen LogP contribution in [-0.2, 0) is 17.6 Å². The van der Waals surface area contributed by atoms with E-state index in [1.54, 1.807) is 0 Å². The summed E-state index contributed by atoms with van der Waals surface area (Å²) in [6.45, 7) is 10.3. The van der Waals surface area contributed by atoms with Gasteiger partial charge in [-0.05, 0) is 73.9 Å². The maximum Gasteiger partial charge on any atom is 0.0506 e. The molecule has 0 fully saturated rings. The summed E-state index contributed by atoms with van der Waals surface area (Å²) >= 11 is 0. The van der Waals surface area contributed by atoms with E-state index < -0.39 is 0 Å². The van der Waals surface area contributed by atoms with Crippen molar-refractivity contribution in [3.63, 3.8) is 0 Å². The third-order valence-electron chi connectivity index (χ3n) is 4.47. The van der Waals surface area contributed by atoms with Crippen molar-refractivity contribution < 1.29 is 4.74 Å². The summed E-state index contributed by atoms with van der Waals surface area (Å²) < 4.78 is 5.83. The van der Waals surface area contributed by atoms with Crippen LogP contribution in [0.25, 0.3) is 0 Å². The van der Waals surface area contributed by atoms with Gasteiger partial charge in [-0.2, -0.15) is 0 Å². The highest BCUT2D eigenvalue weighted by Crippen LogP contribution is 2.14. The van der Waals surface area contributed by atoms with Gasteiger partial charge in [0.05, 0.1) is 13.2 Å². The zero-order valence-corrected chi connectivity index (χ0v) is 13.7. The van der Waals surface area contributed by atoms with Gasteiger partial charge in [0.25, 0.3) is 0 Å². The Balaban J connectivity index is 1.78. The minimum atomic E-state index is 0.801. The van der Waals surface area contributed by atoms with Crippen LogP contribution in [0.1, 0.15) is 33.4 Å². The van der Waals surface area contributed by atoms with Gasteiger partial charge in [-0.25, -0.2) is 0 Å². The van der Waals surface area contributed by atoms with Crippen molar-refractivity contribution in [2.24, 2.45) is 0 Å². The van der Waals surface area contributed by atoms with Crippen molar-refractivity contribution in [1.29, 1.82) is 0 Å². The summed E-state index contributed by atoms with van der Waals surface area (Å²) in [5, 5.41) is 0. The number of ether oxygens (including phenoxy) is 1. The molecule has 112 valence electrons. The summed E-state index contributed by atoms with van der Waals surface area (Å²) in [6, 6.07) is 13.0. The van der Waals surface area contributed by atoms with Crippen LogP contribution in [0.2, 0.25) is 0 Å². The predicted molar refractivity (Wildman–Crippen MR) is 90.1 cm³/mol. The van der Waals surface area contributed by atoms with Crippen molar-refractivity contribution in [3.8, 4) is 0 Å². The smallest absolute Gasteiger partial charge is 0.0506 e. The predicted octanol–water partition coefficient (Wildman–Crippen LogP) is 4.72. The second-order valence-corrected chi connectivity index (χ2v) is 5.83. The van der Waals surface area contributed by atoms with Crippen molar-refractivity contribution in [1.82, 2.24) is 0 Å². The maximum absolute atomic E-state index is 5.83. The molecular weight excluding hydrogens is 256 g/mol. The molecule has 0 heterocycles. The Hall–Kier alpha value is -1.60. The first-order chi connectivity index (χ1) is 10.1. The highest BCUT2D eigenvalue weighted by molar-refractivity contribution is 5.34. The van der Waals surface area contributed by atoms with E-state index in [1.807, 2.05) is 0 Å². The minimum Gasteiger partial charge on any atom is -0.381 e. The first-order valence-electron chi connectivity index (χ1n) is 7.77. The van der Waals surface area contributed by atoms with Gasteiger partial charge < -0.3 is 4.74 Å². The van der Waals surface area contributed by atoms with Crippen LogP contribution in [0.5, 0.6) is 0 Å². The van der Waals surface area contributed by atoms with Crippen molar-refractivity contribution in [3.05, 3.63) is 69.8 Å². The van der Waals surface area contributed by atoms with Crippen molar-refractivity contribution in [2.75, 3.05) is 13.2 Å². The lowest BCUT2D eigenvalue weighted by Crippen LogP contribution is -2.05. The second kappa shape index (κ2) is 7.42. The molecule has 2 aromatic rings. The van der Waals surface area contributed by atoms with Gasteiger partial charge in [0, 0.05) is 0 Å². The van der Waals surface area contributed by atoms with E-state index in [9.17, 15) is 0 Å². The third-order valence-corrected chi connectivity index (χ3v) is 4.47. The molecule has 2 rings (SSSR count). The second-order valence-electron chi connectivity index (χ2n) is 5.83. The van der Waals surface area contributed by atoms with Gasteiger partial charge in [-0.3, -0.25) is 0 Å². The van der Waals surface area contributed by atoms with E-state index in [4.69, 9.17) is 4.74 Å². The fourth-order valence-corrected chi connectivity index (χ4v) is 2.63. The fourth-order valence-electron chi connectivity index (χ4n) is 2.63. The monoisotopic (exact) mass is 282 g/mol. The maximum atomic E-state index is 5.83. The van der Waals surface area contributed by atoms with Gasteiger partial charge in [-0.15, -0.1) is 0 Å². The highest BCUT2D eigenvalue weighted by atomic mass is 16.5. The van der Waals surface area contributed by atoms with Crippen LogP contribution < -0.4 is 0 Å². The normalized spacial score (nSPS) is 10.9. The van der Waals surface area contributed by atoms with Gasteiger partial charge in [-0.1, -0.05) is 36.4 Å². The minimum absolute atomic E-state index is 0.801. The number of hydrogen-bond acceptors (Lipinski definition) is 1. The Labute approximate surface area is 129 Å². The van der Waals surface area contributed by atoms with E-state index >= 15 is 0 Å². The Morgan fingerprint density at radius 2 is 1.10 bits per heavy atom. The summed E-state index contributed by atoms with van der Waals surface area (Å²) in [5.41, 5.74) is 8.33. The molecule has 0 aliphatic rings.